The average molecular weight is 252 g/mol. The summed E-state index contributed by atoms with van der Waals surface area (Å²) in [4.78, 5) is 12.1. The predicted octanol–water partition coefficient (Wildman–Crippen LogP) is 3.31. The molecular weight excluding hydrogens is 240 g/mol. The molecule has 1 aliphatic heterocycles. The van der Waals surface area contributed by atoms with E-state index in [9.17, 15) is 4.79 Å². The Bertz CT molecular complexity index is 671. The molecule has 0 amide bonds. The second kappa shape index (κ2) is 4.61. The Morgan fingerprint density at radius 1 is 1.11 bits per heavy atom. The molecule has 0 N–H and O–H groups in total. The number of fused-ring (bicyclic) bond motifs is 1. The van der Waals surface area contributed by atoms with Gasteiger partial charge in [-0.15, -0.1) is 0 Å². The number of Topliss-reactive ketones (excluding diaryl/α,β-unsaturated/α-hetero) is 1. The number of hydrogen-bond donors (Lipinski definition) is 0. The number of para-hydroxylation sites is 1. The fourth-order valence-corrected chi connectivity index (χ4v) is 2.02. The number of ether oxygens (including phenoxy) is 2. The minimum Gasteiger partial charge on any atom is -0.497 e. The fraction of sp³-hybridized carbons (Fsp3) is 0.0625. The lowest BCUT2D eigenvalue weighted by Crippen LogP contribution is -1.98. The van der Waals surface area contributed by atoms with Gasteiger partial charge in [-0.1, -0.05) is 24.3 Å². The van der Waals surface area contributed by atoms with Crippen molar-refractivity contribution in [2.75, 3.05) is 7.11 Å². The van der Waals surface area contributed by atoms with Crippen molar-refractivity contribution in [1.29, 1.82) is 0 Å². The van der Waals surface area contributed by atoms with Crippen LogP contribution in [0.15, 0.2) is 54.3 Å². The highest BCUT2D eigenvalue weighted by atomic mass is 16.5. The van der Waals surface area contributed by atoms with Crippen LogP contribution in [-0.4, -0.2) is 12.9 Å². The Balaban J connectivity index is 1.96. The van der Waals surface area contributed by atoms with E-state index in [2.05, 4.69) is 0 Å². The van der Waals surface area contributed by atoms with Crippen LogP contribution in [0.1, 0.15) is 15.9 Å². The number of carbonyl (C=O) groups is 1. The van der Waals surface area contributed by atoms with E-state index in [4.69, 9.17) is 9.47 Å². The number of methoxy groups -OCH3 is 1. The maximum absolute atomic E-state index is 12.1. The molecule has 0 saturated carbocycles. The van der Waals surface area contributed by atoms with E-state index in [0.29, 0.717) is 17.1 Å². The molecule has 0 radical (unpaired) electrons. The molecule has 1 aliphatic rings. The molecule has 3 rings (SSSR count). The van der Waals surface area contributed by atoms with Crippen LogP contribution in [0.5, 0.6) is 11.5 Å². The third kappa shape index (κ3) is 2.10. The molecule has 19 heavy (non-hydrogen) atoms. The zero-order valence-electron chi connectivity index (χ0n) is 10.4. The zero-order chi connectivity index (χ0) is 13.2. The summed E-state index contributed by atoms with van der Waals surface area (Å²) in [5.74, 6) is 1.62. The van der Waals surface area contributed by atoms with Crippen molar-refractivity contribution >= 4 is 11.9 Å². The van der Waals surface area contributed by atoms with Crippen molar-refractivity contribution in [2.24, 2.45) is 0 Å². The Morgan fingerprint density at radius 2 is 1.95 bits per heavy atom. The molecule has 0 saturated heterocycles. The van der Waals surface area contributed by atoms with Gasteiger partial charge in [0.25, 0.3) is 0 Å². The van der Waals surface area contributed by atoms with Crippen molar-refractivity contribution in [1.82, 2.24) is 0 Å². The molecule has 0 fully saturated rings. The maximum Gasteiger partial charge on any atom is 0.231 e. The van der Waals surface area contributed by atoms with Crippen LogP contribution in [0.2, 0.25) is 0 Å². The molecule has 0 atom stereocenters. The van der Waals surface area contributed by atoms with Crippen LogP contribution in [0.3, 0.4) is 0 Å². The smallest absolute Gasteiger partial charge is 0.231 e. The number of carbonyl (C=O) groups excluding carboxylic acids is 1. The minimum absolute atomic E-state index is 0.0848. The van der Waals surface area contributed by atoms with Gasteiger partial charge in [-0.25, -0.2) is 0 Å². The number of hydrogen-bond acceptors (Lipinski definition) is 3. The number of allylic oxidation sites excluding steroid dienone is 1. The van der Waals surface area contributed by atoms with Gasteiger partial charge in [0, 0.05) is 0 Å². The first-order chi connectivity index (χ1) is 9.28. The van der Waals surface area contributed by atoms with E-state index in [1.54, 1.807) is 25.3 Å². The van der Waals surface area contributed by atoms with E-state index >= 15 is 0 Å². The van der Waals surface area contributed by atoms with E-state index in [0.717, 1.165) is 11.3 Å². The standard InChI is InChI=1S/C16H12O3/c1-18-12-6-4-5-11(9-12)10-15-16(17)13-7-2-3-8-14(13)19-15/h2-10H,1H3/b15-10-. The largest absolute Gasteiger partial charge is 0.497 e. The van der Waals surface area contributed by atoms with Crippen molar-refractivity contribution in [3.63, 3.8) is 0 Å². The van der Waals surface area contributed by atoms with Crippen LogP contribution in [-0.2, 0) is 0 Å². The van der Waals surface area contributed by atoms with E-state index in [1.165, 1.54) is 0 Å². The lowest BCUT2D eigenvalue weighted by molar-refractivity contribution is 0.101. The second-order valence-corrected chi connectivity index (χ2v) is 4.21. The topological polar surface area (TPSA) is 35.5 Å². The van der Waals surface area contributed by atoms with Crippen molar-refractivity contribution in [3.8, 4) is 11.5 Å². The summed E-state index contributed by atoms with van der Waals surface area (Å²) in [7, 11) is 1.61. The molecule has 0 unspecified atom stereocenters. The maximum atomic E-state index is 12.1. The Kier molecular flexibility index (Phi) is 2.80. The van der Waals surface area contributed by atoms with Gasteiger partial charge in [0.15, 0.2) is 5.76 Å². The molecule has 1 heterocycles. The van der Waals surface area contributed by atoms with Gasteiger partial charge in [-0.3, -0.25) is 4.79 Å². The van der Waals surface area contributed by atoms with Crippen LogP contribution >= 0.6 is 0 Å². The second-order valence-electron chi connectivity index (χ2n) is 4.21. The van der Waals surface area contributed by atoms with Crippen molar-refractivity contribution in [2.45, 2.75) is 0 Å². The molecular formula is C16H12O3. The van der Waals surface area contributed by atoms with Gasteiger partial charge in [-0.2, -0.15) is 0 Å². The molecule has 3 nitrogen and oxygen atoms in total. The van der Waals surface area contributed by atoms with Crippen molar-refractivity contribution < 1.29 is 14.3 Å². The van der Waals surface area contributed by atoms with Gasteiger partial charge in [-0.05, 0) is 35.9 Å². The summed E-state index contributed by atoms with van der Waals surface area (Å²) in [5.41, 5.74) is 1.48. The molecule has 0 aromatic heterocycles. The molecule has 0 aliphatic carbocycles. The lowest BCUT2D eigenvalue weighted by Gasteiger charge is -2.01. The predicted molar refractivity (Wildman–Crippen MR) is 72.4 cm³/mol. The molecule has 2 aromatic rings. The summed E-state index contributed by atoms with van der Waals surface area (Å²) in [5, 5.41) is 0. The van der Waals surface area contributed by atoms with E-state index in [-0.39, 0.29) is 5.78 Å². The van der Waals surface area contributed by atoms with Crippen LogP contribution < -0.4 is 9.47 Å². The number of rotatable bonds is 2. The molecule has 94 valence electrons. The van der Waals surface area contributed by atoms with E-state index in [1.807, 2.05) is 36.4 Å². The third-order valence-electron chi connectivity index (χ3n) is 2.97. The lowest BCUT2D eigenvalue weighted by atomic mass is 10.1. The van der Waals surface area contributed by atoms with Crippen LogP contribution in [0.4, 0.5) is 0 Å². The fourth-order valence-electron chi connectivity index (χ4n) is 2.02. The summed E-state index contributed by atoms with van der Waals surface area (Å²) in [6.45, 7) is 0. The number of ketones is 1. The normalized spacial score (nSPS) is 15.2. The van der Waals surface area contributed by atoms with E-state index < -0.39 is 0 Å². The summed E-state index contributed by atoms with van der Waals surface area (Å²) < 4.78 is 10.7. The summed E-state index contributed by atoms with van der Waals surface area (Å²) >= 11 is 0. The Hall–Kier alpha value is -2.55. The van der Waals surface area contributed by atoms with Gasteiger partial charge in [0.2, 0.25) is 5.78 Å². The zero-order valence-corrected chi connectivity index (χ0v) is 10.4. The number of benzene rings is 2. The molecule has 0 bridgehead atoms. The summed E-state index contributed by atoms with van der Waals surface area (Å²) in [6.07, 6.45) is 1.73. The SMILES string of the molecule is COc1cccc(/C=C2\Oc3ccccc3C2=O)c1. The highest BCUT2D eigenvalue weighted by Gasteiger charge is 2.26. The first kappa shape index (κ1) is 11.5. The first-order valence-electron chi connectivity index (χ1n) is 5.95. The molecule has 0 spiro atoms. The highest BCUT2D eigenvalue weighted by Crippen LogP contribution is 2.31. The highest BCUT2D eigenvalue weighted by molar-refractivity contribution is 6.14. The summed E-state index contributed by atoms with van der Waals surface area (Å²) in [6, 6.07) is 14.7. The minimum atomic E-state index is -0.0848. The van der Waals surface area contributed by atoms with Gasteiger partial charge in [0.05, 0.1) is 12.7 Å². The van der Waals surface area contributed by atoms with Gasteiger partial charge >= 0.3 is 0 Å². The molecule has 3 heteroatoms. The quantitative estimate of drug-likeness (QED) is 0.769. The monoisotopic (exact) mass is 252 g/mol. The van der Waals surface area contributed by atoms with Crippen molar-refractivity contribution in [3.05, 3.63) is 65.4 Å². The Labute approximate surface area is 111 Å². The van der Waals surface area contributed by atoms with Crippen LogP contribution in [0.25, 0.3) is 6.08 Å². The van der Waals surface area contributed by atoms with Gasteiger partial charge < -0.3 is 9.47 Å². The first-order valence-corrected chi connectivity index (χ1v) is 5.95. The Morgan fingerprint density at radius 3 is 2.74 bits per heavy atom. The molecule has 2 aromatic carbocycles. The van der Waals surface area contributed by atoms with Gasteiger partial charge in [0.1, 0.15) is 11.5 Å². The third-order valence-corrected chi connectivity index (χ3v) is 2.97. The van der Waals surface area contributed by atoms with Crippen LogP contribution in [0, 0.1) is 0 Å². The average Bonchev–Trinajstić information content (AvgIpc) is 2.76.